The fourth-order valence-electron chi connectivity index (χ4n) is 7.13. The third-order valence-electron chi connectivity index (χ3n) is 11.0. The molecule has 0 aromatic rings. The summed E-state index contributed by atoms with van der Waals surface area (Å²) >= 11 is 0. The lowest BCUT2D eigenvalue weighted by atomic mass is 9.97. The summed E-state index contributed by atoms with van der Waals surface area (Å²) in [5, 5.41) is 86.5. The summed E-state index contributed by atoms with van der Waals surface area (Å²) in [6.45, 7) is 2.55. The quantitative estimate of drug-likeness (QED) is 0.0291. The van der Waals surface area contributed by atoms with Crippen LogP contribution >= 0.6 is 0 Å². The van der Waals surface area contributed by atoms with Crippen LogP contribution in [0.15, 0.2) is 85.1 Å². The van der Waals surface area contributed by atoms with E-state index in [0.29, 0.717) is 12.8 Å². The zero-order valence-electron chi connectivity index (χ0n) is 38.5. The molecule has 2 heterocycles. The van der Waals surface area contributed by atoms with Crippen LogP contribution in [-0.4, -0.2) is 140 Å². The van der Waals surface area contributed by atoms with Gasteiger partial charge in [-0.1, -0.05) is 125 Å². The minimum atomic E-state index is -1.80. The normalized spacial score (nSPS) is 28.0. The Bertz CT molecular complexity index is 1400. The van der Waals surface area contributed by atoms with Crippen LogP contribution < -0.4 is 5.32 Å². The second-order valence-electron chi connectivity index (χ2n) is 16.5. The van der Waals surface area contributed by atoms with Gasteiger partial charge < -0.3 is 65.1 Å². The minimum absolute atomic E-state index is 0.237. The van der Waals surface area contributed by atoms with Crippen molar-refractivity contribution in [2.75, 3.05) is 19.8 Å². The summed E-state index contributed by atoms with van der Waals surface area (Å²) in [5.74, 6) is -0.284. The SMILES string of the molecule is CC/C=C\C/C=C\C/C=C\C/C=C\CCCCCCC(=O)NC(COC1OC(CO)C(OC2OC(CO)C(O)C(O)C2O)C(O)C1O)C(O)/C=C/CC/C=C/CC/C=C/CCCCC. The molecule has 366 valence electrons. The maximum atomic E-state index is 13.1. The second kappa shape index (κ2) is 36.3. The number of ether oxygens (including phenoxy) is 4. The molecule has 2 rings (SSSR count). The maximum Gasteiger partial charge on any atom is 0.220 e. The summed E-state index contributed by atoms with van der Waals surface area (Å²) < 4.78 is 22.6. The highest BCUT2D eigenvalue weighted by molar-refractivity contribution is 5.76. The molecule has 0 aromatic carbocycles. The largest absolute Gasteiger partial charge is 0.394 e. The third-order valence-corrected chi connectivity index (χ3v) is 11.0. The lowest BCUT2D eigenvalue weighted by molar-refractivity contribution is -0.359. The van der Waals surface area contributed by atoms with E-state index in [0.717, 1.165) is 77.0 Å². The van der Waals surface area contributed by atoms with E-state index >= 15 is 0 Å². The van der Waals surface area contributed by atoms with Crippen molar-refractivity contribution in [3.63, 3.8) is 0 Å². The third kappa shape index (κ3) is 23.6. The topological polar surface area (TPSA) is 228 Å². The van der Waals surface area contributed by atoms with Gasteiger partial charge in [-0.2, -0.15) is 0 Å². The van der Waals surface area contributed by atoms with Gasteiger partial charge in [-0.3, -0.25) is 4.79 Å². The van der Waals surface area contributed by atoms with Gasteiger partial charge in [0, 0.05) is 6.42 Å². The van der Waals surface area contributed by atoms with Crippen LogP contribution in [0.1, 0.15) is 129 Å². The van der Waals surface area contributed by atoms with Crippen LogP contribution in [0.3, 0.4) is 0 Å². The van der Waals surface area contributed by atoms with Crippen molar-refractivity contribution < 1.29 is 64.6 Å². The van der Waals surface area contributed by atoms with Gasteiger partial charge in [0.05, 0.1) is 32.0 Å². The van der Waals surface area contributed by atoms with Gasteiger partial charge in [0.15, 0.2) is 12.6 Å². The van der Waals surface area contributed by atoms with Crippen molar-refractivity contribution in [2.24, 2.45) is 0 Å². The average Bonchev–Trinajstić information content (AvgIpc) is 3.29. The highest BCUT2D eigenvalue weighted by Gasteiger charge is 2.50. The first-order valence-corrected chi connectivity index (χ1v) is 23.8. The number of aliphatic hydroxyl groups excluding tert-OH is 8. The summed E-state index contributed by atoms with van der Waals surface area (Å²) in [7, 11) is 0. The molecule has 9 N–H and O–H groups in total. The molecular formula is C50H83NO13. The van der Waals surface area contributed by atoms with E-state index in [-0.39, 0.29) is 18.9 Å². The monoisotopic (exact) mass is 906 g/mol. The molecule has 12 atom stereocenters. The lowest BCUT2D eigenvalue weighted by Crippen LogP contribution is -2.65. The Morgan fingerprint density at radius 3 is 1.70 bits per heavy atom. The van der Waals surface area contributed by atoms with Crippen molar-refractivity contribution in [1.29, 1.82) is 0 Å². The van der Waals surface area contributed by atoms with Gasteiger partial charge >= 0.3 is 0 Å². The molecule has 0 radical (unpaired) electrons. The van der Waals surface area contributed by atoms with E-state index in [4.69, 9.17) is 18.9 Å². The maximum absolute atomic E-state index is 13.1. The number of aliphatic hydroxyl groups is 8. The summed E-state index contributed by atoms with van der Waals surface area (Å²) in [5.41, 5.74) is 0. The van der Waals surface area contributed by atoms with E-state index in [9.17, 15) is 45.6 Å². The number of carbonyl (C=O) groups is 1. The van der Waals surface area contributed by atoms with Crippen molar-refractivity contribution >= 4 is 5.91 Å². The highest BCUT2D eigenvalue weighted by atomic mass is 16.7. The average molecular weight is 906 g/mol. The molecule has 2 aliphatic rings. The summed E-state index contributed by atoms with van der Waals surface area (Å²) in [4.78, 5) is 13.1. The Morgan fingerprint density at radius 2 is 1.09 bits per heavy atom. The molecule has 64 heavy (non-hydrogen) atoms. The Hall–Kier alpha value is -2.83. The first kappa shape index (κ1) is 57.3. The fourth-order valence-corrected chi connectivity index (χ4v) is 7.13. The molecule has 14 heteroatoms. The standard InChI is InChI=1S/C50H83NO13/c1-3-5-7-9-11-13-15-17-18-19-20-22-24-26-28-30-32-34-42(55)51-38(39(54)33-31-29-27-25-23-21-16-14-12-10-8-6-4-2)37-61-49-47(60)45(58)48(41(36-53)63-49)64-50-46(59)44(57)43(56)40(35-52)62-50/h5,7,11-14,17-18,20,22-23,25,31,33,38-41,43-50,52-54,56-60H,3-4,6,8-10,15-16,19,21,24,26-30,32,34-37H2,1-2H3,(H,51,55)/b7-5-,13-11-,14-12+,18-17-,22-20-,25-23+,33-31+. The van der Waals surface area contributed by atoms with Crippen LogP contribution in [0.2, 0.25) is 0 Å². The van der Waals surface area contributed by atoms with E-state index in [1.54, 1.807) is 6.08 Å². The number of hydrogen-bond acceptors (Lipinski definition) is 13. The Kier molecular flexibility index (Phi) is 32.5. The van der Waals surface area contributed by atoms with E-state index < -0.39 is 86.8 Å². The number of allylic oxidation sites excluding steroid dienone is 13. The molecular weight excluding hydrogens is 823 g/mol. The highest BCUT2D eigenvalue weighted by Crippen LogP contribution is 2.30. The smallest absolute Gasteiger partial charge is 0.220 e. The van der Waals surface area contributed by atoms with Gasteiger partial charge in [-0.15, -0.1) is 0 Å². The molecule has 0 spiro atoms. The first-order chi connectivity index (χ1) is 31.1. The molecule has 0 bridgehead atoms. The van der Waals surface area contributed by atoms with Crippen LogP contribution in [0, 0.1) is 0 Å². The molecule has 2 aliphatic heterocycles. The minimum Gasteiger partial charge on any atom is -0.394 e. The number of unbranched alkanes of at least 4 members (excludes halogenated alkanes) is 9. The van der Waals surface area contributed by atoms with Crippen LogP contribution in [0.5, 0.6) is 0 Å². The zero-order valence-corrected chi connectivity index (χ0v) is 38.5. The van der Waals surface area contributed by atoms with Crippen LogP contribution in [0.25, 0.3) is 0 Å². The molecule has 0 saturated carbocycles. The van der Waals surface area contributed by atoms with Gasteiger partial charge in [-0.05, 0) is 83.5 Å². The van der Waals surface area contributed by atoms with Gasteiger partial charge in [-0.25, -0.2) is 0 Å². The Morgan fingerprint density at radius 1 is 0.578 bits per heavy atom. The number of carbonyl (C=O) groups excluding carboxylic acids is 1. The van der Waals surface area contributed by atoms with Crippen LogP contribution in [0.4, 0.5) is 0 Å². The predicted molar refractivity (Wildman–Crippen MR) is 249 cm³/mol. The Labute approximate surface area is 382 Å². The lowest BCUT2D eigenvalue weighted by Gasteiger charge is -2.46. The van der Waals surface area contributed by atoms with Gasteiger partial charge in [0.25, 0.3) is 0 Å². The van der Waals surface area contributed by atoms with E-state index in [2.05, 4.69) is 92.1 Å². The van der Waals surface area contributed by atoms with Crippen molar-refractivity contribution in [3.8, 4) is 0 Å². The van der Waals surface area contributed by atoms with E-state index in [1.807, 2.05) is 6.08 Å². The number of rotatable bonds is 34. The van der Waals surface area contributed by atoms with Crippen molar-refractivity contribution in [1.82, 2.24) is 5.32 Å². The molecule has 2 fully saturated rings. The molecule has 1 amide bonds. The molecule has 2 saturated heterocycles. The predicted octanol–water partition coefficient (Wildman–Crippen LogP) is 5.43. The number of hydrogen-bond donors (Lipinski definition) is 9. The van der Waals surface area contributed by atoms with Gasteiger partial charge in [0.1, 0.15) is 48.8 Å². The number of amides is 1. The first-order valence-electron chi connectivity index (χ1n) is 23.8. The molecule has 14 nitrogen and oxygen atoms in total. The summed E-state index contributed by atoms with van der Waals surface area (Å²) in [6, 6.07) is -0.954. The zero-order chi connectivity index (χ0) is 46.8. The van der Waals surface area contributed by atoms with E-state index in [1.165, 1.54) is 19.3 Å². The van der Waals surface area contributed by atoms with Crippen molar-refractivity contribution in [3.05, 3.63) is 85.1 Å². The Balaban J connectivity index is 1.91. The fraction of sp³-hybridized carbons (Fsp3) is 0.700. The molecule has 12 unspecified atom stereocenters. The van der Waals surface area contributed by atoms with Crippen LogP contribution in [-0.2, 0) is 23.7 Å². The van der Waals surface area contributed by atoms with Crippen molar-refractivity contribution in [2.45, 2.75) is 203 Å². The second-order valence-corrected chi connectivity index (χ2v) is 16.5. The molecule has 0 aliphatic carbocycles. The molecule has 0 aromatic heterocycles. The summed E-state index contributed by atoms with van der Waals surface area (Å²) in [6.07, 6.45) is 29.1. The van der Waals surface area contributed by atoms with Gasteiger partial charge in [0.2, 0.25) is 5.91 Å². The number of nitrogens with one attached hydrogen (secondary N) is 1.